The van der Waals surface area contributed by atoms with Gasteiger partial charge in [-0.1, -0.05) is 13.8 Å². The second kappa shape index (κ2) is 6.63. The fourth-order valence-electron chi connectivity index (χ4n) is 0.959. The van der Waals surface area contributed by atoms with Crippen molar-refractivity contribution in [3.63, 3.8) is 0 Å². The maximum absolute atomic E-state index is 11.1. The average Bonchev–Trinajstić information content (AvgIpc) is 2.11. The third kappa shape index (κ3) is 6.31. The van der Waals surface area contributed by atoms with E-state index in [1.54, 1.807) is 0 Å². The lowest BCUT2D eigenvalue weighted by Gasteiger charge is -2.02. The molecule has 0 bridgehead atoms. The van der Waals surface area contributed by atoms with Crippen molar-refractivity contribution in [2.24, 2.45) is 5.92 Å². The predicted molar refractivity (Wildman–Crippen MR) is 50.3 cm³/mol. The van der Waals surface area contributed by atoms with Crippen molar-refractivity contribution in [2.75, 3.05) is 7.11 Å². The number of rotatable bonds is 6. The number of esters is 1. The first-order valence-electron chi connectivity index (χ1n) is 4.67. The molecular weight excluding hydrogens is 168 g/mol. The summed E-state index contributed by atoms with van der Waals surface area (Å²) in [7, 11) is 1.38. The molecule has 0 saturated carbocycles. The molecule has 0 spiro atoms. The van der Waals surface area contributed by atoms with E-state index in [1.165, 1.54) is 7.11 Å². The summed E-state index contributed by atoms with van der Waals surface area (Å²) in [5.74, 6) is 0.181. The third-order valence-electron chi connectivity index (χ3n) is 1.93. The second-order valence-corrected chi connectivity index (χ2v) is 3.40. The number of methoxy groups -OCH3 is 1. The van der Waals surface area contributed by atoms with Gasteiger partial charge in [-0.3, -0.25) is 9.59 Å². The van der Waals surface area contributed by atoms with Crippen molar-refractivity contribution < 1.29 is 14.3 Å². The molecule has 0 atom stereocenters. The van der Waals surface area contributed by atoms with Crippen molar-refractivity contribution in [3.8, 4) is 0 Å². The van der Waals surface area contributed by atoms with E-state index in [1.807, 2.05) is 13.8 Å². The van der Waals surface area contributed by atoms with E-state index >= 15 is 0 Å². The number of hydrogen-bond acceptors (Lipinski definition) is 3. The number of unbranched alkanes of at least 4 members (excludes halogenated alkanes) is 1. The van der Waals surface area contributed by atoms with Gasteiger partial charge in [0.2, 0.25) is 0 Å². The Labute approximate surface area is 79.5 Å². The summed E-state index contributed by atoms with van der Waals surface area (Å²) in [4.78, 5) is 21.8. The molecule has 13 heavy (non-hydrogen) atoms. The van der Waals surface area contributed by atoms with Gasteiger partial charge in [0.1, 0.15) is 5.78 Å². The first kappa shape index (κ1) is 12.1. The highest BCUT2D eigenvalue weighted by atomic mass is 16.5. The Kier molecular flexibility index (Phi) is 6.20. The molecule has 0 unspecified atom stereocenters. The molecule has 3 heteroatoms. The summed E-state index contributed by atoms with van der Waals surface area (Å²) < 4.78 is 4.48. The van der Waals surface area contributed by atoms with E-state index in [-0.39, 0.29) is 17.7 Å². The van der Waals surface area contributed by atoms with Gasteiger partial charge in [0.25, 0.3) is 0 Å². The monoisotopic (exact) mass is 186 g/mol. The summed E-state index contributed by atoms with van der Waals surface area (Å²) in [6, 6.07) is 0. The lowest BCUT2D eigenvalue weighted by molar-refractivity contribution is -0.140. The van der Waals surface area contributed by atoms with Crippen LogP contribution in [-0.4, -0.2) is 18.9 Å². The molecule has 0 amide bonds. The van der Waals surface area contributed by atoms with Crippen molar-refractivity contribution in [1.29, 1.82) is 0 Å². The molecule has 3 nitrogen and oxygen atoms in total. The third-order valence-corrected chi connectivity index (χ3v) is 1.93. The van der Waals surface area contributed by atoms with Gasteiger partial charge in [-0.15, -0.1) is 0 Å². The molecule has 0 aliphatic rings. The Morgan fingerprint density at radius 3 is 2.15 bits per heavy atom. The normalized spacial score (nSPS) is 10.2. The van der Waals surface area contributed by atoms with Crippen LogP contribution in [-0.2, 0) is 14.3 Å². The fourth-order valence-corrected chi connectivity index (χ4v) is 0.959. The fraction of sp³-hybridized carbons (Fsp3) is 0.800. The van der Waals surface area contributed by atoms with E-state index in [9.17, 15) is 9.59 Å². The first-order valence-corrected chi connectivity index (χ1v) is 4.67. The highest BCUT2D eigenvalue weighted by Gasteiger charge is 2.07. The summed E-state index contributed by atoms with van der Waals surface area (Å²) in [5, 5.41) is 0. The maximum Gasteiger partial charge on any atom is 0.305 e. The molecule has 0 saturated heterocycles. The quantitative estimate of drug-likeness (QED) is 0.470. The van der Waals surface area contributed by atoms with Crippen LogP contribution in [0.25, 0.3) is 0 Å². The highest BCUT2D eigenvalue weighted by Crippen LogP contribution is 2.06. The topological polar surface area (TPSA) is 43.4 Å². The van der Waals surface area contributed by atoms with E-state index in [0.717, 1.165) is 12.8 Å². The zero-order valence-corrected chi connectivity index (χ0v) is 8.63. The van der Waals surface area contributed by atoms with Crippen molar-refractivity contribution in [2.45, 2.75) is 39.5 Å². The maximum atomic E-state index is 11.1. The first-order chi connectivity index (χ1) is 6.07. The van der Waals surface area contributed by atoms with E-state index in [4.69, 9.17) is 0 Å². The lowest BCUT2D eigenvalue weighted by atomic mass is 10.0. The van der Waals surface area contributed by atoms with E-state index in [2.05, 4.69) is 4.74 Å². The number of ketones is 1. The Morgan fingerprint density at radius 1 is 1.15 bits per heavy atom. The van der Waals surface area contributed by atoms with Crippen LogP contribution in [0.3, 0.4) is 0 Å². The number of carbonyl (C=O) groups excluding carboxylic acids is 2. The molecule has 0 aromatic heterocycles. The van der Waals surface area contributed by atoms with E-state index < -0.39 is 0 Å². The van der Waals surface area contributed by atoms with Crippen LogP contribution in [0, 0.1) is 5.92 Å². The lowest BCUT2D eigenvalue weighted by Crippen LogP contribution is -2.07. The largest absolute Gasteiger partial charge is 0.469 e. The van der Waals surface area contributed by atoms with Gasteiger partial charge in [0.15, 0.2) is 0 Å². The van der Waals surface area contributed by atoms with Gasteiger partial charge in [-0.05, 0) is 12.8 Å². The molecule has 0 aliphatic carbocycles. The SMILES string of the molecule is COC(=O)CCCCC(=O)C(C)C. The summed E-state index contributed by atoms with van der Waals surface area (Å²) in [6.07, 6.45) is 2.52. The Morgan fingerprint density at radius 2 is 1.69 bits per heavy atom. The summed E-state index contributed by atoms with van der Waals surface area (Å²) in [6.45, 7) is 3.78. The molecule has 0 heterocycles. The highest BCUT2D eigenvalue weighted by molar-refractivity contribution is 5.80. The van der Waals surface area contributed by atoms with Crippen LogP contribution in [0.15, 0.2) is 0 Å². The van der Waals surface area contributed by atoms with Gasteiger partial charge >= 0.3 is 5.97 Å². The minimum atomic E-state index is -0.197. The van der Waals surface area contributed by atoms with Gasteiger partial charge in [-0.25, -0.2) is 0 Å². The second-order valence-electron chi connectivity index (χ2n) is 3.40. The van der Waals surface area contributed by atoms with Crippen LogP contribution in [0.4, 0.5) is 0 Å². The molecule has 0 rings (SSSR count). The Hall–Kier alpha value is -0.860. The summed E-state index contributed by atoms with van der Waals surface area (Å²) in [5.41, 5.74) is 0. The molecule has 0 aliphatic heterocycles. The van der Waals surface area contributed by atoms with Crippen molar-refractivity contribution in [3.05, 3.63) is 0 Å². The smallest absolute Gasteiger partial charge is 0.305 e. The number of carbonyl (C=O) groups is 2. The van der Waals surface area contributed by atoms with Crippen molar-refractivity contribution in [1.82, 2.24) is 0 Å². The molecule has 0 aromatic carbocycles. The van der Waals surface area contributed by atoms with Gasteiger partial charge in [0.05, 0.1) is 7.11 Å². The van der Waals surface area contributed by atoms with Gasteiger partial charge < -0.3 is 4.74 Å². The Bertz CT molecular complexity index is 173. The minimum absolute atomic E-state index is 0.109. The molecule has 0 aromatic rings. The van der Waals surface area contributed by atoms with Crippen LogP contribution < -0.4 is 0 Å². The van der Waals surface area contributed by atoms with Gasteiger partial charge in [0, 0.05) is 18.8 Å². The minimum Gasteiger partial charge on any atom is -0.469 e. The van der Waals surface area contributed by atoms with E-state index in [0.29, 0.717) is 12.8 Å². The molecular formula is C10H18O3. The predicted octanol–water partition coefficient (Wildman–Crippen LogP) is 1.94. The number of hydrogen-bond donors (Lipinski definition) is 0. The average molecular weight is 186 g/mol. The van der Waals surface area contributed by atoms with Crippen LogP contribution >= 0.6 is 0 Å². The van der Waals surface area contributed by atoms with Crippen molar-refractivity contribution >= 4 is 11.8 Å². The standard InChI is InChI=1S/C10H18O3/c1-8(2)9(11)6-4-5-7-10(12)13-3/h8H,4-7H2,1-3H3. The zero-order valence-electron chi connectivity index (χ0n) is 8.63. The molecule has 76 valence electrons. The van der Waals surface area contributed by atoms with Gasteiger partial charge in [-0.2, -0.15) is 0 Å². The molecule has 0 fully saturated rings. The van der Waals surface area contributed by atoms with Crippen LogP contribution in [0.2, 0.25) is 0 Å². The zero-order chi connectivity index (χ0) is 10.3. The summed E-state index contributed by atoms with van der Waals surface area (Å²) >= 11 is 0. The number of ether oxygens (including phenoxy) is 1. The van der Waals surface area contributed by atoms with Crippen LogP contribution in [0.5, 0.6) is 0 Å². The number of Topliss-reactive ketones (excluding diaryl/α,β-unsaturated/α-hetero) is 1. The molecule has 0 radical (unpaired) electrons. The van der Waals surface area contributed by atoms with Crippen LogP contribution in [0.1, 0.15) is 39.5 Å². The molecule has 0 N–H and O–H groups in total. The Balaban J connectivity index is 3.36.